The van der Waals surface area contributed by atoms with Gasteiger partial charge in [-0.25, -0.2) is 4.98 Å². The van der Waals surface area contributed by atoms with E-state index >= 15 is 0 Å². The van der Waals surface area contributed by atoms with Crippen LogP contribution in [0.1, 0.15) is 39.0 Å². The molecule has 3 atom stereocenters. The Kier molecular flexibility index (Phi) is 5.25. The molecule has 3 aromatic carbocycles. The average molecular weight is 493 g/mol. The van der Waals surface area contributed by atoms with E-state index in [1.807, 2.05) is 18.2 Å². The Morgan fingerprint density at radius 1 is 0.833 bits per heavy atom. The summed E-state index contributed by atoms with van der Waals surface area (Å²) >= 11 is 6.51. The zero-order valence-corrected chi connectivity index (χ0v) is 21.2. The van der Waals surface area contributed by atoms with Crippen molar-refractivity contribution < 1.29 is 0 Å². The number of anilines is 1. The zero-order valence-electron chi connectivity index (χ0n) is 20.4. The first-order valence-electron chi connectivity index (χ1n) is 13.1. The fraction of sp³-hybridized carbons (Fsp3) is 0.290. The molecule has 0 amide bonds. The summed E-state index contributed by atoms with van der Waals surface area (Å²) in [5, 5.41) is 2.72. The molecule has 0 spiro atoms. The van der Waals surface area contributed by atoms with Crippen molar-refractivity contribution in [2.75, 3.05) is 4.90 Å². The molecule has 36 heavy (non-hydrogen) atoms. The van der Waals surface area contributed by atoms with Crippen molar-refractivity contribution in [3.63, 3.8) is 0 Å². The van der Waals surface area contributed by atoms with E-state index < -0.39 is 0 Å². The van der Waals surface area contributed by atoms with Gasteiger partial charge < -0.3 is 4.90 Å². The van der Waals surface area contributed by atoms with Crippen molar-refractivity contribution in [1.29, 1.82) is 0 Å². The summed E-state index contributed by atoms with van der Waals surface area (Å²) < 4.78 is 2.26. The summed E-state index contributed by atoms with van der Waals surface area (Å²) in [4.78, 5) is 12.0. The Balaban J connectivity index is 1.45. The van der Waals surface area contributed by atoms with Crippen molar-refractivity contribution >= 4 is 39.1 Å². The molecule has 1 aliphatic heterocycles. The van der Waals surface area contributed by atoms with Crippen molar-refractivity contribution in [1.82, 2.24) is 14.5 Å². The largest absolute Gasteiger partial charge is 0.365 e. The maximum Gasteiger partial charge on any atom is 0.224 e. The van der Waals surface area contributed by atoms with E-state index in [9.17, 15) is 0 Å². The van der Waals surface area contributed by atoms with Crippen LogP contribution < -0.4 is 4.90 Å². The van der Waals surface area contributed by atoms with Crippen molar-refractivity contribution in [2.45, 2.75) is 51.1 Å². The number of fused-ring (bicyclic) bond motifs is 5. The normalized spacial score (nSPS) is 21.5. The Labute approximate surface area is 216 Å². The number of rotatable bonds is 4. The summed E-state index contributed by atoms with van der Waals surface area (Å²) in [6, 6.07) is 29.1. The second kappa shape index (κ2) is 8.63. The number of hydrogen-bond donors (Lipinski definition) is 0. The number of para-hydroxylation sites is 1. The number of halogens is 1. The zero-order chi connectivity index (χ0) is 24.2. The molecule has 1 saturated carbocycles. The molecule has 3 unspecified atom stereocenters. The summed E-state index contributed by atoms with van der Waals surface area (Å²) in [6.07, 6.45) is 6.53. The van der Waals surface area contributed by atoms with Crippen LogP contribution in [0.25, 0.3) is 38.9 Å². The van der Waals surface area contributed by atoms with Crippen molar-refractivity contribution in [3.8, 4) is 17.1 Å². The first kappa shape index (κ1) is 21.9. The maximum atomic E-state index is 6.51. The first-order valence-corrected chi connectivity index (χ1v) is 13.5. The Morgan fingerprint density at radius 2 is 1.64 bits per heavy atom. The van der Waals surface area contributed by atoms with E-state index in [0.717, 1.165) is 34.0 Å². The minimum absolute atomic E-state index is 0.257. The van der Waals surface area contributed by atoms with Gasteiger partial charge in [-0.2, -0.15) is 4.98 Å². The van der Waals surface area contributed by atoms with Crippen LogP contribution in [-0.4, -0.2) is 26.6 Å². The molecule has 2 aromatic heterocycles. The van der Waals surface area contributed by atoms with Gasteiger partial charge in [0.15, 0.2) is 0 Å². The van der Waals surface area contributed by atoms with E-state index in [2.05, 4.69) is 82.0 Å². The quantitative estimate of drug-likeness (QED) is 0.238. The highest BCUT2D eigenvalue weighted by Gasteiger charge is 2.39. The van der Waals surface area contributed by atoms with Gasteiger partial charge in [0.2, 0.25) is 5.28 Å². The summed E-state index contributed by atoms with van der Waals surface area (Å²) in [7, 11) is 0. The molecule has 180 valence electrons. The third-order valence-corrected chi connectivity index (χ3v) is 8.49. The van der Waals surface area contributed by atoms with Crippen molar-refractivity contribution in [2.24, 2.45) is 5.92 Å². The van der Waals surface area contributed by atoms with Crippen LogP contribution in [-0.2, 0) is 0 Å². The molecular weight excluding hydrogens is 464 g/mol. The molecule has 0 N–H and O–H groups in total. The van der Waals surface area contributed by atoms with E-state index in [1.54, 1.807) is 0 Å². The Bertz CT molecular complexity index is 1570. The van der Waals surface area contributed by atoms with Crippen LogP contribution in [0.2, 0.25) is 5.28 Å². The molecule has 4 nitrogen and oxygen atoms in total. The van der Waals surface area contributed by atoms with Crippen LogP contribution in [0.5, 0.6) is 0 Å². The molecule has 1 aliphatic carbocycles. The number of aromatic nitrogens is 3. The maximum absolute atomic E-state index is 6.51. The number of benzene rings is 3. The molecule has 3 heterocycles. The second-order valence-electron chi connectivity index (χ2n) is 10.3. The standard InChI is InChI=1S/C31H29ClN4/c1-2-22-16-20-12-13-23(17-20)35(22)24-14-15-26-25-10-6-7-11-28(25)36(29(26)18-24)30-19-27(33-31(32)34-30)21-8-4-3-5-9-21/h3-11,14-15,18-20,22-23H,2,12-13,16-17H2,1H3. The highest BCUT2D eigenvalue weighted by molar-refractivity contribution is 6.28. The van der Waals surface area contributed by atoms with Gasteiger partial charge in [0.05, 0.1) is 16.7 Å². The SMILES string of the molecule is CCC1CC2CCC(C2)N1c1ccc2c3ccccc3n(-c3cc(-c4ccccc4)nc(Cl)n3)c2c1. The minimum atomic E-state index is 0.257. The molecule has 5 heteroatoms. The molecule has 2 bridgehead atoms. The molecule has 7 rings (SSSR count). The predicted molar refractivity (Wildman–Crippen MR) is 149 cm³/mol. The van der Waals surface area contributed by atoms with E-state index in [-0.39, 0.29) is 5.28 Å². The molecule has 2 aliphatic rings. The summed E-state index contributed by atoms with van der Waals surface area (Å²) in [5.74, 6) is 1.70. The van der Waals surface area contributed by atoms with Crippen molar-refractivity contribution in [3.05, 3.63) is 84.1 Å². The number of piperidine rings is 1. The third-order valence-electron chi connectivity index (χ3n) is 8.32. The van der Waals surface area contributed by atoms with Crippen LogP contribution in [0.4, 0.5) is 5.69 Å². The van der Waals surface area contributed by atoms with Gasteiger partial charge in [-0.05, 0) is 67.8 Å². The predicted octanol–water partition coefficient (Wildman–Crippen LogP) is 8.05. The average Bonchev–Trinajstić information content (AvgIpc) is 3.46. The van der Waals surface area contributed by atoms with Crippen LogP contribution in [0.15, 0.2) is 78.9 Å². The van der Waals surface area contributed by atoms with E-state index in [1.165, 1.54) is 48.6 Å². The topological polar surface area (TPSA) is 34.0 Å². The van der Waals surface area contributed by atoms with E-state index in [4.69, 9.17) is 16.6 Å². The molecule has 1 saturated heterocycles. The fourth-order valence-corrected chi connectivity index (χ4v) is 6.92. The van der Waals surface area contributed by atoms with Gasteiger partial charge in [-0.1, -0.05) is 61.5 Å². The van der Waals surface area contributed by atoms with Crippen LogP contribution >= 0.6 is 11.6 Å². The molecule has 2 fully saturated rings. The first-order chi connectivity index (χ1) is 17.7. The second-order valence-corrected chi connectivity index (χ2v) is 10.7. The van der Waals surface area contributed by atoms with Crippen LogP contribution in [0, 0.1) is 5.92 Å². The summed E-state index contributed by atoms with van der Waals surface area (Å²) in [6.45, 7) is 2.34. The third kappa shape index (κ3) is 3.50. The van der Waals surface area contributed by atoms with E-state index in [0.29, 0.717) is 12.1 Å². The van der Waals surface area contributed by atoms with Gasteiger partial charge in [-0.3, -0.25) is 4.57 Å². The molecular formula is C31H29ClN4. The highest BCUT2D eigenvalue weighted by atomic mass is 35.5. The molecule has 0 radical (unpaired) electrons. The lowest BCUT2D eigenvalue weighted by atomic mass is 9.90. The van der Waals surface area contributed by atoms with Gasteiger partial charge in [0, 0.05) is 40.2 Å². The summed E-state index contributed by atoms with van der Waals surface area (Å²) in [5.41, 5.74) is 5.47. The lowest BCUT2D eigenvalue weighted by molar-refractivity contribution is 0.351. The van der Waals surface area contributed by atoms with Gasteiger partial charge in [-0.15, -0.1) is 0 Å². The Morgan fingerprint density at radius 3 is 2.50 bits per heavy atom. The van der Waals surface area contributed by atoms with Gasteiger partial charge in [0.25, 0.3) is 0 Å². The van der Waals surface area contributed by atoms with Crippen LogP contribution in [0.3, 0.4) is 0 Å². The number of hydrogen-bond acceptors (Lipinski definition) is 3. The highest BCUT2D eigenvalue weighted by Crippen LogP contribution is 2.44. The van der Waals surface area contributed by atoms with Gasteiger partial charge >= 0.3 is 0 Å². The monoisotopic (exact) mass is 492 g/mol. The number of nitrogens with zero attached hydrogens (tertiary/aromatic N) is 4. The lowest BCUT2D eigenvalue weighted by Gasteiger charge is -2.42. The smallest absolute Gasteiger partial charge is 0.224 e. The Hall–Kier alpha value is -3.37. The van der Waals surface area contributed by atoms with Gasteiger partial charge in [0.1, 0.15) is 5.82 Å². The fourth-order valence-electron chi connectivity index (χ4n) is 6.74. The lowest BCUT2D eigenvalue weighted by Crippen LogP contribution is -2.45. The molecule has 5 aromatic rings. The minimum Gasteiger partial charge on any atom is -0.365 e.